The number of hydrogen-bond donors (Lipinski definition) is 0. The monoisotopic (exact) mass is 419 g/mol. The summed E-state index contributed by atoms with van der Waals surface area (Å²) in [5.74, 6) is 0.508. The normalized spacial score (nSPS) is 16.1. The second-order valence-corrected chi connectivity index (χ2v) is 10.0. The molecule has 4 rings (SSSR count). The number of nitrogens with zero attached hydrogens (tertiary/aromatic N) is 3. The predicted molar refractivity (Wildman–Crippen MR) is 111 cm³/mol. The lowest BCUT2D eigenvalue weighted by Crippen LogP contribution is -2.22. The van der Waals surface area contributed by atoms with Gasteiger partial charge in [0.25, 0.3) is 5.56 Å². The lowest BCUT2D eigenvalue weighted by Gasteiger charge is -2.10. The molecule has 3 aromatic rings. The molecule has 3 heterocycles. The number of thiophene rings is 1. The largest absolute Gasteiger partial charge is 0.304 e. The molecule has 1 unspecified atom stereocenters. The Morgan fingerprint density at radius 2 is 2.00 bits per heavy atom. The molecule has 8 heteroatoms. The average Bonchev–Trinajstić information content (AvgIpc) is 2.98. The van der Waals surface area contributed by atoms with Crippen LogP contribution in [0.15, 0.2) is 45.4 Å². The predicted octanol–water partition coefficient (Wildman–Crippen LogP) is 3.34. The fraction of sp³-hybridized carbons (Fsp3) is 0.263. The molecule has 0 N–H and O–H groups in total. The van der Waals surface area contributed by atoms with Crippen LogP contribution < -0.4 is 5.56 Å². The van der Waals surface area contributed by atoms with Gasteiger partial charge in [-0.3, -0.25) is 9.00 Å². The summed E-state index contributed by atoms with van der Waals surface area (Å²) >= 11 is 7.53. The summed E-state index contributed by atoms with van der Waals surface area (Å²) in [6.07, 6.45) is 0.579. The Bertz CT molecular complexity index is 1090. The van der Waals surface area contributed by atoms with Gasteiger partial charge in [0.1, 0.15) is 4.21 Å². The lowest BCUT2D eigenvalue weighted by molar-refractivity contribution is 0.406. The van der Waals surface area contributed by atoms with E-state index in [1.54, 1.807) is 41.7 Å². The Balaban J connectivity index is 1.90. The summed E-state index contributed by atoms with van der Waals surface area (Å²) in [5.41, 5.74) is 2.93. The van der Waals surface area contributed by atoms with Crippen molar-refractivity contribution in [3.63, 3.8) is 0 Å². The van der Waals surface area contributed by atoms with Crippen LogP contribution in [0.1, 0.15) is 10.4 Å². The van der Waals surface area contributed by atoms with Crippen LogP contribution in [0.5, 0.6) is 0 Å². The van der Waals surface area contributed by atoms with Gasteiger partial charge >= 0.3 is 0 Å². The highest BCUT2D eigenvalue weighted by Gasteiger charge is 2.25. The topological polar surface area (TPSA) is 55.2 Å². The van der Waals surface area contributed by atoms with E-state index in [4.69, 9.17) is 11.6 Å². The van der Waals surface area contributed by atoms with Gasteiger partial charge in [-0.05, 0) is 56.4 Å². The van der Waals surface area contributed by atoms with Gasteiger partial charge in [0.05, 0.1) is 22.2 Å². The van der Waals surface area contributed by atoms with Crippen LogP contribution in [-0.2, 0) is 23.8 Å². The first kappa shape index (κ1) is 18.6. The maximum Gasteiger partial charge on any atom is 0.271 e. The maximum atomic E-state index is 12.7. The van der Waals surface area contributed by atoms with Crippen molar-refractivity contribution >= 4 is 33.7 Å². The number of aromatic nitrogens is 2. The Morgan fingerprint density at radius 3 is 2.70 bits per heavy atom. The van der Waals surface area contributed by atoms with E-state index in [0.29, 0.717) is 22.9 Å². The molecule has 27 heavy (non-hydrogen) atoms. The van der Waals surface area contributed by atoms with E-state index in [1.165, 1.54) is 4.68 Å². The summed E-state index contributed by atoms with van der Waals surface area (Å²) < 4.78 is 15.0. The minimum absolute atomic E-state index is 0.200. The maximum absolute atomic E-state index is 12.7. The smallest absolute Gasteiger partial charge is 0.271 e. The molecule has 1 atom stereocenters. The number of hydrogen-bond acceptors (Lipinski definition) is 5. The van der Waals surface area contributed by atoms with Gasteiger partial charge in [-0.25, -0.2) is 0 Å². The van der Waals surface area contributed by atoms with Gasteiger partial charge in [0.2, 0.25) is 0 Å². The lowest BCUT2D eigenvalue weighted by atomic mass is 10.1. The Labute approximate surface area is 168 Å². The molecule has 0 saturated carbocycles. The molecule has 0 bridgehead atoms. The highest BCUT2D eigenvalue weighted by Crippen LogP contribution is 2.37. The molecular formula is C19H18ClN3O2S2. The summed E-state index contributed by atoms with van der Waals surface area (Å²) in [5, 5.41) is 5.26. The Hall–Kier alpha value is -1.80. The Kier molecular flexibility index (Phi) is 5.03. The molecule has 0 radical (unpaired) electrons. The van der Waals surface area contributed by atoms with Crippen LogP contribution in [0.2, 0.25) is 5.02 Å². The SMILES string of the molecule is CN(C)Cc1cc2c(s1)S(=O)CCc1cc(=O)n(-c3ccc(Cl)cc3)nc1-2. The molecule has 0 amide bonds. The van der Waals surface area contributed by atoms with Crippen molar-refractivity contribution in [1.82, 2.24) is 14.7 Å². The fourth-order valence-electron chi connectivity index (χ4n) is 3.12. The number of benzene rings is 1. The van der Waals surface area contributed by atoms with E-state index in [9.17, 15) is 9.00 Å². The van der Waals surface area contributed by atoms with E-state index < -0.39 is 10.8 Å². The minimum atomic E-state index is -1.08. The molecule has 0 fully saturated rings. The summed E-state index contributed by atoms with van der Waals surface area (Å²) in [4.78, 5) is 15.8. The minimum Gasteiger partial charge on any atom is -0.304 e. The van der Waals surface area contributed by atoms with Crippen molar-refractivity contribution in [2.24, 2.45) is 0 Å². The van der Waals surface area contributed by atoms with Gasteiger partial charge < -0.3 is 4.90 Å². The quantitative estimate of drug-likeness (QED) is 0.653. The molecule has 5 nitrogen and oxygen atoms in total. The first-order valence-electron chi connectivity index (χ1n) is 8.48. The summed E-state index contributed by atoms with van der Waals surface area (Å²) in [6, 6.07) is 10.7. The standard InChI is InChI=1S/C19H18ClN3O2S2/c1-22(2)11-15-10-16-18-12(7-8-27(25)19(16)26-15)9-17(24)23(21-18)14-5-3-13(20)4-6-14/h3-6,9-10H,7-8,11H2,1-2H3. The number of rotatable bonds is 3. The highest BCUT2D eigenvalue weighted by atomic mass is 35.5. The van der Waals surface area contributed by atoms with Crippen molar-refractivity contribution < 1.29 is 4.21 Å². The van der Waals surface area contributed by atoms with Crippen LogP contribution in [0.3, 0.4) is 0 Å². The fourth-order valence-corrected chi connectivity index (χ4v) is 6.18. The molecule has 1 aliphatic heterocycles. The third-order valence-electron chi connectivity index (χ3n) is 4.32. The van der Waals surface area contributed by atoms with Gasteiger partial charge in [0.15, 0.2) is 0 Å². The van der Waals surface area contributed by atoms with E-state index in [0.717, 1.165) is 32.5 Å². The second kappa shape index (κ2) is 7.31. The molecule has 1 aromatic carbocycles. The molecule has 0 saturated heterocycles. The zero-order valence-corrected chi connectivity index (χ0v) is 17.3. The average molecular weight is 420 g/mol. The number of fused-ring (bicyclic) bond motifs is 3. The van der Waals surface area contributed by atoms with E-state index in [1.807, 2.05) is 14.1 Å². The van der Waals surface area contributed by atoms with Crippen molar-refractivity contribution in [3.8, 4) is 16.9 Å². The first-order valence-corrected chi connectivity index (χ1v) is 11.0. The van der Waals surface area contributed by atoms with Crippen LogP contribution in [0, 0.1) is 0 Å². The summed E-state index contributed by atoms with van der Waals surface area (Å²) in [6.45, 7) is 0.779. The van der Waals surface area contributed by atoms with E-state index >= 15 is 0 Å². The van der Waals surface area contributed by atoms with Crippen LogP contribution >= 0.6 is 22.9 Å². The Morgan fingerprint density at radius 1 is 1.26 bits per heavy atom. The third-order valence-corrected chi connectivity index (χ3v) is 7.50. The van der Waals surface area contributed by atoms with Crippen LogP contribution in [-0.4, -0.2) is 38.7 Å². The van der Waals surface area contributed by atoms with Gasteiger partial charge in [-0.1, -0.05) is 11.6 Å². The van der Waals surface area contributed by atoms with Gasteiger partial charge in [0, 0.05) is 33.8 Å². The van der Waals surface area contributed by atoms with E-state index in [2.05, 4.69) is 16.1 Å². The molecule has 0 spiro atoms. The van der Waals surface area contributed by atoms with Crippen molar-refractivity contribution in [2.45, 2.75) is 17.2 Å². The van der Waals surface area contributed by atoms with Crippen molar-refractivity contribution in [3.05, 3.63) is 62.2 Å². The molecule has 1 aliphatic rings. The number of aryl methyl sites for hydroxylation is 1. The summed E-state index contributed by atoms with van der Waals surface area (Å²) in [7, 11) is 2.93. The zero-order valence-electron chi connectivity index (χ0n) is 14.9. The molecule has 140 valence electrons. The zero-order chi connectivity index (χ0) is 19.1. The molecule has 2 aromatic heterocycles. The second-order valence-electron chi connectivity index (χ2n) is 6.70. The molecular weight excluding hydrogens is 402 g/mol. The van der Waals surface area contributed by atoms with Crippen molar-refractivity contribution in [2.75, 3.05) is 19.8 Å². The molecule has 0 aliphatic carbocycles. The number of halogens is 1. The van der Waals surface area contributed by atoms with E-state index in [-0.39, 0.29) is 5.56 Å². The van der Waals surface area contributed by atoms with Crippen LogP contribution in [0.25, 0.3) is 16.9 Å². The third kappa shape index (κ3) is 3.65. The van der Waals surface area contributed by atoms with Crippen molar-refractivity contribution in [1.29, 1.82) is 0 Å². The first-order chi connectivity index (χ1) is 12.9. The highest BCUT2D eigenvalue weighted by molar-refractivity contribution is 7.87. The van der Waals surface area contributed by atoms with Gasteiger partial charge in [-0.2, -0.15) is 9.78 Å². The van der Waals surface area contributed by atoms with Gasteiger partial charge in [-0.15, -0.1) is 11.3 Å². The van der Waals surface area contributed by atoms with Crippen LogP contribution in [0.4, 0.5) is 0 Å².